The van der Waals surface area contributed by atoms with E-state index >= 15 is 0 Å². The topological polar surface area (TPSA) is 29.3 Å². The molecule has 21 heavy (non-hydrogen) atoms. The zero-order valence-electron chi connectivity index (χ0n) is 13.4. The van der Waals surface area contributed by atoms with E-state index in [1.165, 1.54) is 44.6 Å². The van der Waals surface area contributed by atoms with Crippen LogP contribution in [0.2, 0.25) is 0 Å². The zero-order chi connectivity index (χ0) is 15.2. The normalized spacial score (nSPS) is 20.2. The molecule has 0 aliphatic heterocycles. The standard InChI is InChI=1S/C18H29FN2/c1-3-17(20)18(14-9-8-10-15(19)13-14)21(2)16-11-6-4-5-7-12-16/h8-10,13,16-18H,3-7,11-12,20H2,1-2H3. The van der Waals surface area contributed by atoms with Crippen molar-refractivity contribution in [1.82, 2.24) is 4.90 Å². The van der Waals surface area contributed by atoms with E-state index in [2.05, 4.69) is 18.9 Å². The summed E-state index contributed by atoms with van der Waals surface area (Å²) in [6, 6.07) is 7.67. The lowest BCUT2D eigenvalue weighted by atomic mass is 9.93. The van der Waals surface area contributed by atoms with Gasteiger partial charge in [-0.05, 0) is 44.0 Å². The third-order valence-electron chi connectivity index (χ3n) is 4.91. The van der Waals surface area contributed by atoms with Gasteiger partial charge in [0.2, 0.25) is 0 Å². The Balaban J connectivity index is 2.22. The molecule has 1 fully saturated rings. The van der Waals surface area contributed by atoms with Gasteiger partial charge in [0.25, 0.3) is 0 Å². The first kappa shape index (κ1) is 16.4. The molecule has 0 heterocycles. The highest BCUT2D eigenvalue weighted by Gasteiger charge is 2.28. The monoisotopic (exact) mass is 292 g/mol. The molecule has 1 saturated carbocycles. The Morgan fingerprint density at radius 1 is 1.24 bits per heavy atom. The Morgan fingerprint density at radius 3 is 2.48 bits per heavy atom. The molecule has 1 aliphatic rings. The molecule has 0 aromatic heterocycles. The smallest absolute Gasteiger partial charge is 0.123 e. The van der Waals surface area contributed by atoms with E-state index in [0.717, 1.165) is 12.0 Å². The molecular weight excluding hydrogens is 263 g/mol. The minimum atomic E-state index is -0.171. The molecule has 0 amide bonds. The van der Waals surface area contributed by atoms with E-state index in [9.17, 15) is 4.39 Å². The summed E-state index contributed by atoms with van der Waals surface area (Å²) in [7, 11) is 2.17. The molecular formula is C18H29FN2. The lowest BCUT2D eigenvalue weighted by Gasteiger charge is -2.38. The van der Waals surface area contributed by atoms with Gasteiger partial charge in [0, 0.05) is 18.1 Å². The average molecular weight is 292 g/mol. The number of nitrogens with zero attached hydrogens (tertiary/aromatic N) is 1. The van der Waals surface area contributed by atoms with Gasteiger partial charge in [-0.15, -0.1) is 0 Å². The van der Waals surface area contributed by atoms with Gasteiger partial charge in [-0.2, -0.15) is 0 Å². The highest BCUT2D eigenvalue weighted by atomic mass is 19.1. The van der Waals surface area contributed by atoms with Gasteiger partial charge < -0.3 is 5.73 Å². The number of nitrogens with two attached hydrogens (primary N) is 1. The van der Waals surface area contributed by atoms with Gasteiger partial charge in [-0.25, -0.2) is 4.39 Å². The number of halogens is 1. The van der Waals surface area contributed by atoms with Crippen LogP contribution in [0.25, 0.3) is 0 Å². The second kappa shape index (κ2) is 7.90. The average Bonchev–Trinajstić information content (AvgIpc) is 2.76. The van der Waals surface area contributed by atoms with E-state index in [4.69, 9.17) is 5.73 Å². The third-order valence-corrected chi connectivity index (χ3v) is 4.91. The summed E-state index contributed by atoms with van der Waals surface area (Å²) in [5.41, 5.74) is 7.39. The van der Waals surface area contributed by atoms with E-state index in [-0.39, 0.29) is 17.9 Å². The Labute approximate surface area is 128 Å². The summed E-state index contributed by atoms with van der Waals surface area (Å²) in [6.07, 6.45) is 8.65. The predicted molar refractivity (Wildman–Crippen MR) is 86.7 cm³/mol. The van der Waals surface area contributed by atoms with Crippen molar-refractivity contribution in [2.75, 3.05) is 7.05 Å². The molecule has 3 heteroatoms. The van der Waals surface area contributed by atoms with Gasteiger partial charge >= 0.3 is 0 Å². The molecule has 2 atom stereocenters. The molecule has 118 valence electrons. The van der Waals surface area contributed by atoms with Crippen LogP contribution in [0.5, 0.6) is 0 Å². The molecule has 0 spiro atoms. The van der Waals surface area contributed by atoms with Gasteiger partial charge in [0.15, 0.2) is 0 Å². The number of hydrogen-bond acceptors (Lipinski definition) is 2. The fraction of sp³-hybridized carbons (Fsp3) is 0.667. The lowest BCUT2D eigenvalue weighted by Crippen LogP contribution is -2.43. The first-order chi connectivity index (χ1) is 10.1. The minimum absolute atomic E-state index is 0.0417. The maximum Gasteiger partial charge on any atom is 0.123 e. The van der Waals surface area contributed by atoms with Crippen LogP contribution in [-0.4, -0.2) is 24.0 Å². The molecule has 0 bridgehead atoms. The first-order valence-electron chi connectivity index (χ1n) is 8.36. The SMILES string of the molecule is CCC(N)C(c1cccc(F)c1)N(C)C1CCCCCC1. The number of hydrogen-bond donors (Lipinski definition) is 1. The predicted octanol–water partition coefficient (Wildman–Crippen LogP) is 4.26. The van der Waals surface area contributed by atoms with Crippen molar-refractivity contribution in [3.63, 3.8) is 0 Å². The molecule has 1 aromatic rings. The summed E-state index contributed by atoms with van der Waals surface area (Å²) in [4.78, 5) is 2.41. The minimum Gasteiger partial charge on any atom is -0.326 e. The van der Waals surface area contributed by atoms with Crippen molar-refractivity contribution in [1.29, 1.82) is 0 Å². The van der Waals surface area contributed by atoms with Gasteiger partial charge in [0.1, 0.15) is 5.82 Å². The summed E-state index contributed by atoms with van der Waals surface area (Å²) in [6.45, 7) is 2.11. The summed E-state index contributed by atoms with van der Waals surface area (Å²) < 4.78 is 13.6. The van der Waals surface area contributed by atoms with Crippen LogP contribution in [0, 0.1) is 5.82 Å². The second-order valence-corrected chi connectivity index (χ2v) is 6.38. The quantitative estimate of drug-likeness (QED) is 0.822. The highest BCUT2D eigenvalue weighted by molar-refractivity contribution is 5.22. The maximum absolute atomic E-state index is 13.6. The Kier molecular flexibility index (Phi) is 6.19. The van der Waals surface area contributed by atoms with Crippen LogP contribution < -0.4 is 5.73 Å². The van der Waals surface area contributed by atoms with Crippen molar-refractivity contribution in [2.24, 2.45) is 5.73 Å². The molecule has 0 radical (unpaired) electrons. The third kappa shape index (κ3) is 4.27. The molecule has 1 aromatic carbocycles. The van der Waals surface area contributed by atoms with Gasteiger partial charge in [-0.3, -0.25) is 4.90 Å². The van der Waals surface area contributed by atoms with Crippen molar-refractivity contribution >= 4 is 0 Å². The van der Waals surface area contributed by atoms with Crippen LogP contribution in [0.15, 0.2) is 24.3 Å². The summed E-state index contributed by atoms with van der Waals surface area (Å²) in [5, 5.41) is 0. The largest absolute Gasteiger partial charge is 0.326 e. The molecule has 2 rings (SSSR count). The highest BCUT2D eigenvalue weighted by Crippen LogP contribution is 2.31. The van der Waals surface area contributed by atoms with E-state index in [1.54, 1.807) is 12.1 Å². The van der Waals surface area contributed by atoms with Crippen molar-refractivity contribution in [3.8, 4) is 0 Å². The van der Waals surface area contributed by atoms with E-state index in [1.807, 2.05) is 6.07 Å². The Morgan fingerprint density at radius 2 is 1.90 bits per heavy atom. The second-order valence-electron chi connectivity index (χ2n) is 6.38. The number of benzene rings is 1. The van der Waals surface area contributed by atoms with Crippen LogP contribution in [-0.2, 0) is 0 Å². The van der Waals surface area contributed by atoms with Gasteiger partial charge in [0.05, 0.1) is 0 Å². The first-order valence-corrected chi connectivity index (χ1v) is 8.36. The van der Waals surface area contributed by atoms with Crippen molar-refractivity contribution < 1.29 is 4.39 Å². The molecule has 2 nitrogen and oxygen atoms in total. The van der Waals surface area contributed by atoms with E-state index in [0.29, 0.717) is 6.04 Å². The molecule has 1 aliphatic carbocycles. The number of rotatable bonds is 5. The molecule has 0 saturated heterocycles. The van der Waals surface area contributed by atoms with Crippen molar-refractivity contribution in [3.05, 3.63) is 35.6 Å². The van der Waals surface area contributed by atoms with Crippen LogP contribution in [0.4, 0.5) is 4.39 Å². The van der Waals surface area contributed by atoms with E-state index < -0.39 is 0 Å². The molecule has 2 unspecified atom stereocenters. The lowest BCUT2D eigenvalue weighted by molar-refractivity contribution is 0.135. The fourth-order valence-electron chi connectivity index (χ4n) is 3.59. The Bertz CT molecular complexity index is 427. The fourth-order valence-corrected chi connectivity index (χ4v) is 3.59. The zero-order valence-corrected chi connectivity index (χ0v) is 13.4. The molecule has 2 N–H and O–H groups in total. The summed E-state index contributed by atoms with van der Waals surface area (Å²) in [5.74, 6) is -0.171. The summed E-state index contributed by atoms with van der Waals surface area (Å²) >= 11 is 0. The van der Waals surface area contributed by atoms with Crippen molar-refractivity contribution in [2.45, 2.75) is 70.0 Å². The van der Waals surface area contributed by atoms with Crippen LogP contribution >= 0.6 is 0 Å². The maximum atomic E-state index is 13.6. The number of likely N-dealkylation sites (N-methyl/N-ethyl adjacent to an activating group) is 1. The Hall–Kier alpha value is -0.930. The van der Waals surface area contributed by atoms with Crippen LogP contribution in [0.1, 0.15) is 63.5 Å². The van der Waals surface area contributed by atoms with Crippen LogP contribution in [0.3, 0.4) is 0 Å². The van der Waals surface area contributed by atoms with Gasteiger partial charge in [-0.1, -0.05) is 44.7 Å².